The first-order chi connectivity index (χ1) is 8.94. The Morgan fingerprint density at radius 1 is 1.55 bits per heavy atom. The third kappa shape index (κ3) is 5.02. The first-order valence-corrected chi connectivity index (χ1v) is 6.61. The topological polar surface area (TPSA) is 68.2 Å². The summed E-state index contributed by atoms with van der Waals surface area (Å²) in [6, 6.07) is 2.01. The molecule has 0 saturated carbocycles. The van der Waals surface area contributed by atoms with Crippen molar-refractivity contribution in [3.05, 3.63) is 17.5 Å². The fourth-order valence-corrected chi connectivity index (χ4v) is 1.83. The Labute approximate surface area is 125 Å². The van der Waals surface area contributed by atoms with Gasteiger partial charge in [0.1, 0.15) is 0 Å². The Morgan fingerprint density at radius 2 is 2.30 bits per heavy atom. The van der Waals surface area contributed by atoms with E-state index in [2.05, 4.69) is 15.7 Å². The van der Waals surface area contributed by atoms with Gasteiger partial charge in [-0.25, -0.2) is 4.79 Å². The first kappa shape index (κ1) is 16.8. The molecule has 1 aliphatic rings. The normalized spacial score (nSPS) is 14.2. The van der Waals surface area contributed by atoms with E-state index in [1.54, 1.807) is 0 Å². The molecule has 1 amide bonds. The minimum atomic E-state index is -0.390. The van der Waals surface area contributed by atoms with Crippen LogP contribution in [0.1, 0.15) is 32.2 Å². The van der Waals surface area contributed by atoms with Crippen LogP contribution in [0.15, 0.2) is 6.07 Å². The highest BCUT2D eigenvalue weighted by atomic mass is 35.5. The summed E-state index contributed by atoms with van der Waals surface area (Å²) >= 11 is 0. The average Bonchev–Trinajstić information content (AvgIpc) is 2.75. The molecule has 0 bridgehead atoms. The molecule has 2 N–H and O–H groups in total. The number of nitrogens with zero attached hydrogens (tertiary/aromatic N) is 2. The second-order valence-corrected chi connectivity index (χ2v) is 6.02. The summed E-state index contributed by atoms with van der Waals surface area (Å²) < 4.78 is 7.11. The van der Waals surface area contributed by atoms with Crippen molar-refractivity contribution < 1.29 is 9.53 Å². The Morgan fingerprint density at radius 3 is 2.95 bits per heavy atom. The summed E-state index contributed by atoms with van der Waals surface area (Å²) in [7, 11) is 0. The highest BCUT2D eigenvalue weighted by Gasteiger charge is 2.15. The minimum Gasteiger partial charge on any atom is -0.449 e. The molecule has 0 saturated heterocycles. The number of alkyl carbamates (subject to hydrolysis) is 1. The SMILES string of the molecule is CC(C)(C)COC(=O)NCc1cc2n(n1)CCNC2.Cl. The number of aromatic nitrogens is 2. The van der Waals surface area contributed by atoms with Gasteiger partial charge in [0, 0.05) is 13.1 Å². The second kappa shape index (κ2) is 6.95. The number of carbonyl (C=O) groups excluding carboxylic acids is 1. The van der Waals surface area contributed by atoms with E-state index in [9.17, 15) is 4.79 Å². The lowest BCUT2D eigenvalue weighted by Crippen LogP contribution is -2.28. The molecule has 2 rings (SSSR count). The molecule has 0 aliphatic carbocycles. The molecule has 0 fully saturated rings. The fourth-order valence-electron chi connectivity index (χ4n) is 1.83. The molecule has 0 spiro atoms. The number of ether oxygens (including phenoxy) is 1. The van der Waals surface area contributed by atoms with Crippen LogP contribution in [0.3, 0.4) is 0 Å². The number of halogens is 1. The van der Waals surface area contributed by atoms with E-state index < -0.39 is 0 Å². The van der Waals surface area contributed by atoms with Crippen LogP contribution in [0, 0.1) is 5.41 Å². The molecule has 1 aliphatic heterocycles. The highest BCUT2D eigenvalue weighted by Crippen LogP contribution is 2.13. The van der Waals surface area contributed by atoms with Crippen LogP contribution in [0.2, 0.25) is 0 Å². The molecule has 6 nitrogen and oxygen atoms in total. The summed E-state index contributed by atoms with van der Waals surface area (Å²) in [4.78, 5) is 11.5. The van der Waals surface area contributed by atoms with Crippen LogP contribution >= 0.6 is 12.4 Å². The summed E-state index contributed by atoms with van der Waals surface area (Å²) in [6.07, 6.45) is -0.390. The van der Waals surface area contributed by atoms with Gasteiger partial charge in [-0.1, -0.05) is 20.8 Å². The molecule has 1 aromatic heterocycles. The molecule has 1 aromatic rings. The maximum absolute atomic E-state index is 11.5. The molecule has 7 heteroatoms. The van der Waals surface area contributed by atoms with Gasteiger partial charge in [0.25, 0.3) is 0 Å². The van der Waals surface area contributed by atoms with E-state index in [1.807, 2.05) is 31.5 Å². The zero-order valence-corrected chi connectivity index (χ0v) is 13.0. The Hall–Kier alpha value is -1.27. The first-order valence-electron chi connectivity index (χ1n) is 6.61. The maximum Gasteiger partial charge on any atom is 0.407 e. The van der Waals surface area contributed by atoms with E-state index in [4.69, 9.17) is 4.74 Å². The van der Waals surface area contributed by atoms with Gasteiger partial charge in [0.2, 0.25) is 0 Å². The molecular weight excluding hydrogens is 280 g/mol. The van der Waals surface area contributed by atoms with Gasteiger partial charge in [-0.05, 0) is 11.5 Å². The van der Waals surface area contributed by atoms with Gasteiger partial charge in [-0.2, -0.15) is 5.10 Å². The average molecular weight is 303 g/mol. The van der Waals surface area contributed by atoms with Crippen LogP contribution in [0.5, 0.6) is 0 Å². The van der Waals surface area contributed by atoms with Gasteiger partial charge in [-0.3, -0.25) is 4.68 Å². The largest absolute Gasteiger partial charge is 0.449 e. The molecule has 0 atom stereocenters. The Bertz CT molecular complexity index is 430. The van der Waals surface area contributed by atoms with Gasteiger partial charge >= 0.3 is 6.09 Å². The highest BCUT2D eigenvalue weighted by molar-refractivity contribution is 5.85. The van der Waals surface area contributed by atoms with Gasteiger partial charge in [0.05, 0.1) is 31.1 Å². The summed E-state index contributed by atoms with van der Waals surface area (Å²) in [5, 5.41) is 10.4. The van der Waals surface area contributed by atoms with Gasteiger partial charge in [0.15, 0.2) is 0 Å². The van der Waals surface area contributed by atoms with Crippen LogP contribution in [0.4, 0.5) is 4.79 Å². The molecule has 0 radical (unpaired) electrons. The standard InChI is InChI=1S/C13H22N4O2.ClH/c1-13(2,3)9-19-12(18)15-7-10-6-11-8-14-4-5-17(11)16-10;/h6,14H,4-5,7-9H2,1-3H3,(H,15,18);1H. The van der Waals surface area contributed by atoms with Crippen molar-refractivity contribution >= 4 is 18.5 Å². The third-order valence-electron chi connectivity index (χ3n) is 2.77. The lowest BCUT2D eigenvalue weighted by atomic mass is 9.99. The lowest BCUT2D eigenvalue weighted by Gasteiger charge is -2.17. The van der Waals surface area contributed by atoms with E-state index in [0.29, 0.717) is 13.2 Å². The van der Waals surface area contributed by atoms with Crippen LogP contribution in [0.25, 0.3) is 0 Å². The number of hydrogen-bond donors (Lipinski definition) is 2. The quantitative estimate of drug-likeness (QED) is 0.891. The predicted octanol–water partition coefficient (Wildman–Crippen LogP) is 1.68. The Balaban J connectivity index is 0.00000200. The maximum atomic E-state index is 11.5. The van der Waals surface area contributed by atoms with Crippen molar-refractivity contribution in [1.82, 2.24) is 20.4 Å². The molecule has 20 heavy (non-hydrogen) atoms. The Kier molecular flexibility index (Phi) is 5.83. The minimum absolute atomic E-state index is 0. The number of rotatable bonds is 3. The van der Waals surface area contributed by atoms with E-state index in [0.717, 1.165) is 31.0 Å². The van der Waals surface area contributed by atoms with Crippen molar-refractivity contribution in [2.24, 2.45) is 5.41 Å². The van der Waals surface area contributed by atoms with Crippen molar-refractivity contribution in [3.8, 4) is 0 Å². The fraction of sp³-hybridized carbons (Fsp3) is 0.692. The number of nitrogens with one attached hydrogen (secondary N) is 2. The molecular formula is C13H23ClN4O2. The van der Waals surface area contributed by atoms with E-state index >= 15 is 0 Å². The molecule has 0 aromatic carbocycles. The number of carbonyl (C=O) groups is 1. The molecule has 2 heterocycles. The van der Waals surface area contributed by atoms with Crippen LogP contribution < -0.4 is 10.6 Å². The summed E-state index contributed by atoms with van der Waals surface area (Å²) in [5.41, 5.74) is 2.01. The zero-order chi connectivity index (χ0) is 13.9. The monoisotopic (exact) mass is 302 g/mol. The van der Waals surface area contributed by atoms with Crippen LogP contribution in [-0.4, -0.2) is 29.0 Å². The van der Waals surface area contributed by atoms with Crippen molar-refractivity contribution in [3.63, 3.8) is 0 Å². The number of fused-ring (bicyclic) bond motifs is 1. The van der Waals surface area contributed by atoms with Gasteiger partial charge in [-0.15, -0.1) is 12.4 Å². The predicted molar refractivity (Wildman–Crippen MR) is 78.8 cm³/mol. The number of hydrogen-bond acceptors (Lipinski definition) is 4. The molecule has 114 valence electrons. The van der Waals surface area contributed by atoms with Crippen molar-refractivity contribution in [2.75, 3.05) is 13.2 Å². The summed E-state index contributed by atoms with van der Waals surface area (Å²) in [5.74, 6) is 0. The smallest absolute Gasteiger partial charge is 0.407 e. The van der Waals surface area contributed by atoms with Crippen LogP contribution in [-0.2, 0) is 24.4 Å². The van der Waals surface area contributed by atoms with E-state index in [1.165, 1.54) is 0 Å². The zero-order valence-electron chi connectivity index (χ0n) is 12.2. The van der Waals surface area contributed by atoms with E-state index in [-0.39, 0.29) is 23.9 Å². The second-order valence-electron chi connectivity index (χ2n) is 6.02. The van der Waals surface area contributed by atoms with Crippen molar-refractivity contribution in [1.29, 1.82) is 0 Å². The number of amides is 1. The third-order valence-corrected chi connectivity index (χ3v) is 2.77. The summed E-state index contributed by atoms with van der Waals surface area (Å²) in [6.45, 7) is 9.54. The lowest BCUT2D eigenvalue weighted by molar-refractivity contribution is 0.106. The molecule has 0 unspecified atom stereocenters. The van der Waals surface area contributed by atoms with Gasteiger partial charge < -0.3 is 15.4 Å². The van der Waals surface area contributed by atoms with Crippen molar-refractivity contribution in [2.45, 2.75) is 40.4 Å².